The van der Waals surface area contributed by atoms with Gasteiger partial charge < -0.3 is 5.32 Å². The monoisotopic (exact) mass is 288 g/mol. The zero-order valence-electron chi connectivity index (χ0n) is 10.6. The van der Waals surface area contributed by atoms with Crippen molar-refractivity contribution >= 4 is 21.2 Å². The Bertz CT molecular complexity index is 456. The molecule has 0 aromatic carbocycles. The first-order valence-corrected chi connectivity index (χ1v) is 9.10. The van der Waals surface area contributed by atoms with Crippen molar-refractivity contribution in [2.75, 3.05) is 24.6 Å². The number of hydrogen-bond acceptors (Lipinski definition) is 5. The molecule has 1 aromatic heterocycles. The normalized spacial score (nSPS) is 24.2. The van der Waals surface area contributed by atoms with Crippen LogP contribution in [-0.2, 0) is 16.3 Å². The van der Waals surface area contributed by atoms with E-state index in [-0.39, 0.29) is 5.92 Å². The molecule has 0 amide bonds. The van der Waals surface area contributed by atoms with E-state index < -0.39 is 9.84 Å². The van der Waals surface area contributed by atoms with Crippen LogP contribution in [0.3, 0.4) is 0 Å². The van der Waals surface area contributed by atoms with E-state index in [1.807, 2.05) is 11.6 Å². The fourth-order valence-corrected chi connectivity index (χ4v) is 5.14. The first-order chi connectivity index (χ1) is 8.61. The first-order valence-electron chi connectivity index (χ1n) is 6.40. The Morgan fingerprint density at radius 2 is 2.44 bits per heavy atom. The van der Waals surface area contributed by atoms with Gasteiger partial charge in [-0.25, -0.2) is 13.4 Å². The van der Waals surface area contributed by atoms with E-state index in [1.165, 1.54) is 0 Å². The molecule has 1 saturated heterocycles. The SMILES string of the molecule is CCNCC(Cc1nccs1)C1CCS(=O)(=O)C1. The van der Waals surface area contributed by atoms with Gasteiger partial charge in [0.15, 0.2) is 9.84 Å². The molecule has 2 atom stereocenters. The number of aromatic nitrogens is 1. The molecular formula is C12H20N2O2S2. The van der Waals surface area contributed by atoms with Crippen LogP contribution in [0.15, 0.2) is 11.6 Å². The molecule has 1 aromatic rings. The molecule has 0 bridgehead atoms. The lowest BCUT2D eigenvalue weighted by molar-refractivity contribution is 0.345. The van der Waals surface area contributed by atoms with Crippen molar-refractivity contribution in [3.8, 4) is 0 Å². The van der Waals surface area contributed by atoms with Crippen LogP contribution in [0.1, 0.15) is 18.4 Å². The van der Waals surface area contributed by atoms with Crippen molar-refractivity contribution in [3.63, 3.8) is 0 Å². The van der Waals surface area contributed by atoms with E-state index in [9.17, 15) is 8.42 Å². The molecule has 0 aliphatic carbocycles. The molecule has 1 aliphatic rings. The van der Waals surface area contributed by atoms with Crippen LogP contribution in [0.5, 0.6) is 0 Å². The molecule has 0 radical (unpaired) electrons. The molecule has 1 aliphatic heterocycles. The van der Waals surface area contributed by atoms with Crippen LogP contribution in [0.2, 0.25) is 0 Å². The van der Waals surface area contributed by atoms with E-state index in [1.54, 1.807) is 11.3 Å². The summed E-state index contributed by atoms with van der Waals surface area (Å²) in [7, 11) is -2.79. The highest BCUT2D eigenvalue weighted by atomic mass is 32.2. The summed E-state index contributed by atoms with van der Waals surface area (Å²) < 4.78 is 23.2. The highest BCUT2D eigenvalue weighted by Crippen LogP contribution is 2.28. The maximum Gasteiger partial charge on any atom is 0.150 e. The van der Waals surface area contributed by atoms with Crippen LogP contribution in [0.25, 0.3) is 0 Å². The Kier molecular flexibility index (Phi) is 4.75. The van der Waals surface area contributed by atoms with Gasteiger partial charge in [-0.1, -0.05) is 6.92 Å². The van der Waals surface area contributed by atoms with E-state index in [0.717, 1.165) is 30.9 Å². The third kappa shape index (κ3) is 3.76. The quantitative estimate of drug-likeness (QED) is 0.858. The number of hydrogen-bond donors (Lipinski definition) is 1. The van der Waals surface area contributed by atoms with Crippen LogP contribution in [0, 0.1) is 11.8 Å². The van der Waals surface area contributed by atoms with Gasteiger partial charge >= 0.3 is 0 Å². The average molecular weight is 288 g/mol. The summed E-state index contributed by atoms with van der Waals surface area (Å²) in [5.41, 5.74) is 0. The largest absolute Gasteiger partial charge is 0.317 e. The van der Waals surface area contributed by atoms with Gasteiger partial charge in [-0.05, 0) is 31.3 Å². The van der Waals surface area contributed by atoms with Gasteiger partial charge in [-0.2, -0.15) is 0 Å². The summed E-state index contributed by atoms with van der Waals surface area (Å²) in [6.07, 6.45) is 3.52. The van der Waals surface area contributed by atoms with Crippen LogP contribution in [-0.4, -0.2) is 38.0 Å². The van der Waals surface area contributed by atoms with Crippen molar-refractivity contribution < 1.29 is 8.42 Å². The Hall–Kier alpha value is -0.460. The molecule has 0 spiro atoms. The zero-order chi connectivity index (χ0) is 13.0. The molecule has 1 N–H and O–H groups in total. The smallest absolute Gasteiger partial charge is 0.150 e. The molecule has 2 heterocycles. The van der Waals surface area contributed by atoms with Gasteiger partial charge in [-0.3, -0.25) is 0 Å². The van der Waals surface area contributed by atoms with Crippen LogP contribution >= 0.6 is 11.3 Å². The molecule has 0 saturated carbocycles. The number of rotatable bonds is 6. The number of nitrogens with one attached hydrogen (secondary N) is 1. The summed E-state index contributed by atoms with van der Waals surface area (Å²) >= 11 is 1.66. The van der Waals surface area contributed by atoms with Gasteiger partial charge in [0.25, 0.3) is 0 Å². The lowest BCUT2D eigenvalue weighted by Crippen LogP contribution is -2.30. The average Bonchev–Trinajstić information content (AvgIpc) is 2.93. The second kappa shape index (κ2) is 6.12. The highest BCUT2D eigenvalue weighted by Gasteiger charge is 2.33. The van der Waals surface area contributed by atoms with E-state index in [4.69, 9.17) is 0 Å². The number of nitrogens with zero attached hydrogens (tertiary/aromatic N) is 1. The van der Waals surface area contributed by atoms with Gasteiger partial charge in [0.2, 0.25) is 0 Å². The number of sulfone groups is 1. The predicted octanol–water partition coefficient (Wildman–Crippen LogP) is 1.35. The predicted molar refractivity (Wildman–Crippen MR) is 74.6 cm³/mol. The van der Waals surface area contributed by atoms with Crippen molar-refractivity contribution in [1.29, 1.82) is 0 Å². The van der Waals surface area contributed by atoms with Crippen molar-refractivity contribution in [2.45, 2.75) is 19.8 Å². The lowest BCUT2D eigenvalue weighted by atomic mass is 9.89. The topological polar surface area (TPSA) is 59.1 Å². The summed E-state index contributed by atoms with van der Waals surface area (Å²) in [5, 5.41) is 6.44. The van der Waals surface area contributed by atoms with Gasteiger partial charge in [0.05, 0.1) is 16.5 Å². The summed E-state index contributed by atoms with van der Waals surface area (Å²) in [6.45, 7) is 3.88. The van der Waals surface area contributed by atoms with Crippen molar-refractivity contribution in [2.24, 2.45) is 11.8 Å². The summed E-state index contributed by atoms with van der Waals surface area (Å²) in [5.74, 6) is 1.39. The molecule has 6 heteroatoms. The van der Waals surface area contributed by atoms with E-state index >= 15 is 0 Å². The Balaban J connectivity index is 2.01. The second-order valence-electron chi connectivity index (χ2n) is 4.86. The molecule has 18 heavy (non-hydrogen) atoms. The van der Waals surface area contributed by atoms with Crippen molar-refractivity contribution in [3.05, 3.63) is 16.6 Å². The number of thiazole rings is 1. The van der Waals surface area contributed by atoms with Gasteiger partial charge in [-0.15, -0.1) is 11.3 Å². The third-order valence-corrected chi connectivity index (χ3v) is 6.11. The molecular weight excluding hydrogens is 268 g/mol. The Morgan fingerprint density at radius 3 is 3.00 bits per heavy atom. The molecule has 102 valence electrons. The first kappa shape index (κ1) is 14.0. The summed E-state index contributed by atoms with van der Waals surface area (Å²) in [4.78, 5) is 4.31. The fourth-order valence-electron chi connectivity index (χ4n) is 2.51. The third-order valence-electron chi connectivity index (χ3n) is 3.51. The van der Waals surface area contributed by atoms with Gasteiger partial charge in [0, 0.05) is 18.0 Å². The van der Waals surface area contributed by atoms with Crippen molar-refractivity contribution in [1.82, 2.24) is 10.3 Å². The Morgan fingerprint density at radius 1 is 1.61 bits per heavy atom. The van der Waals surface area contributed by atoms with Crippen LogP contribution in [0.4, 0.5) is 0 Å². The summed E-state index contributed by atoms with van der Waals surface area (Å²) in [6, 6.07) is 0. The molecule has 1 fully saturated rings. The standard InChI is InChI=1S/C12H20N2O2S2/c1-2-13-8-11(7-12-14-4-5-17-12)10-3-6-18(15,16)9-10/h4-5,10-11,13H,2-3,6-9H2,1H3. The molecule has 4 nitrogen and oxygen atoms in total. The van der Waals surface area contributed by atoms with E-state index in [0.29, 0.717) is 17.4 Å². The minimum atomic E-state index is -2.79. The van der Waals surface area contributed by atoms with E-state index in [2.05, 4.69) is 17.2 Å². The highest BCUT2D eigenvalue weighted by molar-refractivity contribution is 7.91. The maximum absolute atomic E-state index is 11.6. The molecule has 2 unspecified atom stereocenters. The minimum Gasteiger partial charge on any atom is -0.317 e. The van der Waals surface area contributed by atoms with Gasteiger partial charge in [0.1, 0.15) is 0 Å². The molecule has 2 rings (SSSR count). The zero-order valence-corrected chi connectivity index (χ0v) is 12.3. The lowest BCUT2D eigenvalue weighted by Gasteiger charge is -2.21. The minimum absolute atomic E-state index is 0.290. The fraction of sp³-hybridized carbons (Fsp3) is 0.750. The maximum atomic E-state index is 11.6. The van der Waals surface area contributed by atoms with Crippen LogP contribution < -0.4 is 5.32 Å². The second-order valence-corrected chi connectivity index (χ2v) is 8.07. The Labute approximate surface area is 113 Å².